The Bertz CT molecular complexity index is 204. The Morgan fingerprint density at radius 3 is 2.08 bits per heavy atom. The minimum Gasteiger partial charge on any atom is -0.355 e. The van der Waals surface area contributed by atoms with Crippen molar-refractivity contribution < 1.29 is 25.9 Å². The van der Waals surface area contributed by atoms with Crippen LogP contribution in [0.15, 0.2) is 24.3 Å². The topological polar surface area (TPSA) is 17.1 Å². The molecule has 0 N–H and O–H groups in total. The van der Waals surface area contributed by atoms with Crippen LogP contribution in [0, 0.1) is 12.0 Å². The number of benzene rings is 1. The molecule has 0 atom stereocenters. The van der Waals surface area contributed by atoms with Gasteiger partial charge in [0.25, 0.3) is 0 Å². The van der Waals surface area contributed by atoms with Gasteiger partial charge < -0.3 is 10.7 Å². The molecule has 0 aromatic heterocycles. The normalized spacial score (nSPS) is 8.00. The van der Waals surface area contributed by atoms with Crippen LogP contribution in [0.25, 0.3) is 0 Å². The molecular formula is C11H14OW. The molecule has 0 heterocycles. The molecule has 1 nitrogen and oxygen atoms in total. The van der Waals surface area contributed by atoms with Crippen LogP contribution in [-0.4, -0.2) is 6.29 Å². The quantitative estimate of drug-likeness (QED) is 0.565. The molecule has 0 spiro atoms. The molecule has 0 aliphatic heterocycles. The fourth-order valence-electron chi connectivity index (χ4n) is 0.481. The molecule has 2 heteroatoms. The first-order valence-corrected chi connectivity index (χ1v) is 3.85. The molecule has 0 amide bonds. The van der Waals surface area contributed by atoms with E-state index in [9.17, 15) is 4.79 Å². The molecule has 1 rings (SSSR count). The van der Waals surface area contributed by atoms with Crippen LogP contribution in [-0.2, 0) is 21.1 Å². The summed E-state index contributed by atoms with van der Waals surface area (Å²) in [5.74, 6) is 1.42. The van der Waals surface area contributed by atoms with Gasteiger partial charge in [0.1, 0.15) is 0 Å². The van der Waals surface area contributed by atoms with E-state index in [2.05, 4.69) is 26.8 Å². The predicted molar refractivity (Wildman–Crippen MR) is 50.9 cm³/mol. The molecule has 1 aromatic rings. The molecule has 0 aliphatic rings. The van der Waals surface area contributed by atoms with Gasteiger partial charge in [-0.2, -0.15) is 20.8 Å². The largest absolute Gasteiger partial charge is 2.00 e. The summed E-state index contributed by atoms with van der Waals surface area (Å²) in [7, 11) is 0. The third-order valence-corrected chi connectivity index (χ3v) is 0.860. The first-order valence-electron chi connectivity index (χ1n) is 3.85. The van der Waals surface area contributed by atoms with Gasteiger partial charge in [-0.25, -0.2) is 0 Å². The van der Waals surface area contributed by atoms with Crippen LogP contribution in [0.5, 0.6) is 0 Å². The predicted octanol–water partition coefficient (Wildman–Crippen LogP) is 2.92. The molecule has 70 valence electrons. The van der Waals surface area contributed by atoms with E-state index in [1.54, 1.807) is 18.2 Å². The molecule has 0 saturated carbocycles. The van der Waals surface area contributed by atoms with E-state index in [1.165, 1.54) is 5.92 Å². The van der Waals surface area contributed by atoms with Gasteiger partial charge in [-0.05, 0) is 0 Å². The van der Waals surface area contributed by atoms with Crippen LogP contribution in [0.3, 0.4) is 0 Å². The maximum absolute atomic E-state index is 9.98. The monoisotopic (exact) mass is 346 g/mol. The van der Waals surface area contributed by atoms with Crippen LogP contribution in [0.4, 0.5) is 0 Å². The third-order valence-electron chi connectivity index (χ3n) is 0.860. The van der Waals surface area contributed by atoms with Crippen molar-refractivity contribution >= 4 is 6.29 Å². The van der Waals surface area contributed by atoms with E-state index in [1.807, 2.05) is 6.07 Å². The number of rotatable bonds is 1. The number of hydrogen-bond acceptors (Lipinski definition) is 1. The summed E-state index contributed by atoms with van der Waals surface area (Å²) < 4.78 is 0. The molecule has 0 saturated heterocycles. The average Bonchev–Trinajstić information content (AvgIpc) is 2.05. The smallest absolute Gasteiger partial charge is 0.355 e. The van der Waals surface area contributed by atoms with Crippen LogP contribution in [0.2, 0.25) is 0 Å². The third kappa shape index (κ3) is 11.6. The molecule has 0 aliphatic carbocycles. The summed E-state index contributed by atoms with van der Waals surface area (Å²) >= 11 is 0. The maximum atomic E-state index is 9.98. The fourth-order valence-corrected chi connectivity index (χ4v) is 0.481. The van der Waals surface area contributed by atoms with E-state index in [-0.39, 0.29) is 21.1 Å². The SMILES string of the molecule is C[C-](C)C.O=Cc1[c-]cccc1.[W+2]. The molecule has 1 aromatic carbocycles. The summed E-state index contributed by atoms with van der Waals surface area (Å²) in [6.45, 7) is 6.25. The van der Waals surface area contributed by atoms with Gasteiger partial charge in [-0.1, -0.05) is 0 Å². The summed E-state index contributed by atoms with van der Waals surface area (Å²) in [4.78, 5) is 9.98. The van der Waals surface area contributed by atoms with Crippen LogP contribution < -0.4 is 0 Å². The maximum Gasteiger partial charge on any atom is 2.00 e. The van der Waals surface area contributed by atoms with E-state index in [4.69, 9.17) is 0 Å². The van der Waals surface area contributed by atoms with Crippen molar-refractivity contribution in [2.75, 3.05) is 0 Å². The van der Waals surface area contributed by atoms with Gasteiger partial charge >= 0.3 is 21.1 Å². The molecule has 0 radical (unpaired) electrons. The summed E-state index contributed by atoms with van der Waals surface area (Å²) in [6, 6.07) is 9.81. The minimum absolute atomic E-state index is 0. The van der Waals surface area contributed by atoms with Gasteiger partial charge in [0.15, 0.2) is 0 Å². The number of hydrogen-bond donors (Lipinski definition) is 0. The zero-order chi connectivity index (χ0) is 9.40. The molecule has 0 bridgehead atoms. The standard InChI is InChI=1S/C7H5O.C4H9.W/c8-6-7-4-2-1-3-5-7;1-4(2)3;/h1-4,6H;1-3H3;/q2*-1;+2. The fraction of sp³-hybridized carbons (Fsp3) is 0.273. The van der Waals surface area contributed by atoms with E-state index < -0.39 is 0 Å². The molecule has 0 unspecified atom stereocenters. The molecule has 13 heavy (non-hydrogen) atoms. The van der Waals surface area contributed by atoms with Gasteiger partial charge in [-0.15, -0.1) is 35.9 Å². The van der Waals surface area contributed by atoms with E-state index >= 15 is 0 Å². The van der Waals surface area contributed by atoms with Crippen molar-refractivity contribution in [2.45, 2.75) is 20.8 Å². The Labute approximate surface area is 94.8 Å². The summed E-state index contributed by atoms with van der Waals surface area (Å²) in [5, 5.41) is 0. The zero-order valence-electron chi connectivity index (χ0n) is 8.20. The first kappa shape index (κ1) is 15.1. The average molecular weight is 346 g/mol. The molecule has 0 fully saturated rings. The first-order chi connectivity index (χ1) is 5.66. The Hall–Kier alpha value is -0.422. The van der Waals surface area contributed by atoms with E-state index in [0.717, 1.165) is 6.29 Å². The zero-order valence-corrected chi connectivity index (χ0v) is 11.1. The van der Waals surface area contributed by atoms with Crippen LogP contribution in [0.1, 0.15) is 31.1 Å². The second-order valence-corrected chi connectivity index (χ2v) is 2.94. The van der Waals surface area contributed by atoms with Gasteiger partial charge in [0.05, 0.1) is 6.29 Å². The Morgan fingerprint density at radius 2 is 1.85 bits per heavy atom. The number of carbonyl (C=O) groups is 1. The van der Waals surface area contributed by atoms with Crippen molar-refractivity contribution in [1.82, 2.24) is 0 Å². The number of aldehydes is 1. The van der Waals surface area contributed by atoms with Crippen molar-refractivity contribution in [3.63, 3.8) is 0 Å². The number of carbonyl (C=O) groups excluding carboxylic acids is 1. The van der Waals surface area contributed by atoms with Crippen molar-refractivity contribution in [3.05, 3.63) is 41.8 Å². The molecular weight excluding hydrogens is 332 g/mol. The van der Waals surface area contributed by atoms with Gasteiger partial charge in [0, 0.05) is 0 Å². The van der Waals surface area contributed by atoms with Crippen molar-refractivity contribution in [2.24, 2.45) is 0 Å². The summed E-state index contributed by atoms with van der Waals surface area (Å²) in [6.07, 6.45) is 0.778. The van der Waals surface area contributed by atoms with Crippen molar-refractivity contribution in [1.29, 1.82) is 0 Å². The Kier molecular flexibility index (Phi) is 11.2. The minimum atomic E-state index is 0. The van der Waals surface area contributed by atoms with E-state index in [0.29, 0.717) is 5.56 Å². The van der Waals surface area contributed by atoms with Gasteiger partial charge in [0.2, 0.25) is 0 Å². The Balaban J connectivity index is 0. The van der Waals surface area contributed by atoms with Gasteiger partial charge in [-0.3, -0.25) is 0 Å². The van der Waals surface area contributed by atoms with Crippen LogP contribution >= 0.6 is 0 Å². The second kappa shape index (κ2) is 9.66. The Morgan fingerprint density at radius 1 is 1.31 bits per heavy atom. The second-order valence-electron chi connectivity index (χ2n) is 2.94. The summed E-state index contributed by atoms with van der Waals surface area (Å²) in [5.41, 5.74) is 0.604. The van der Waals surface area contributed by atoms with Crippen molar-refractivity contribution in [3.8, 4) is 0 Å².